The first-order valence-electron chi connectivity index (χ1n) is 6.93. The molecular weight excluding hydrogens is 196 g/mol. The molecule has 2 rings (SSSR count). The van der Waals surface area contributed by atoms with Gasteiger partial charge in [-0.05, 0) is 71.1 Å². The Labute approximate surface area is 100 Å². The highest BCUT2D eigenvalue weighted by Crippen LogP contribution is 2.19. The fraction of sp³-hybridized carbons (Fsp3) is 0.857. The molecule has 0 aromatic rings. The molecule has 1 aliphatic heterocycles. The van der Waals surface area contributed by atoms with E-state index in [1.807, 2.05) is 0 Å². The summed E-state index contributed by atoms with van der Waals surface area (Å²) in [6.07, 6.45) is 12.9. The predicted molar refractivity (Wildman–Crippen MR) is 69.6 cm³/mol. The second-order valence-corrected chi connectivity index (χ2v) is 5.45. The number of hydrogen-bond acceptors (Lipinski definition) is 2. The van der Waals surface area contributed by atoms with E-state index in [0.29, 0.717) is 6.04 Å². The number of likely N-dealkylation sites (tertiary alicyclic amines) is 1. The lowest BCUT2D eigenvalue weighted by Crippen LogP contribution is -2.34. The first-order valence-corrected chi connectivity index (χ1v) is 6.93. The molecule has 0 bridgehead atoms. The van der Waals surface area contributed by atoms with E-state index in [0.717, 1.165) is 5.92 Å². The highest BCUT2D eigenvalue weighted by molar-refractivity contribution is 4.97. The molecule has 92 valence electrons. The Kier molecular flexibility index (Phi) is 4.86. The van der Waals surface area contributed by atoms with Crippen LogP contribution < -0.4 is 5.32 Å². The second kappa shape index (κ2) is 6.41. The lowest BCUT2D eigenvalue weighted by atomic mass is 9.93. The number of nitrogens with zero attached hydrogens (tertiary/aromatic N) is 1. The molecule has 1 N–H and O–H groups in total. The Hall–Kier alpha value is -0.340. The minimum atomic E-state index is 0.667. The van der Waals surface area contributed by atoms with E-state index in [-0.39, 0.29) is 0 Å². The first-order chi connectivity index (χ1) is 7.84. The van der Waals surface area contributed by atoms with Crippen molar-refractivity contribution < 1.29 is 0 Å². The quantitative estimate of drug-likeness (QED) is 0.735. The van der Waals surface area contributed by atoms with Gasteiger partial charge in [0.25, 0.3) is 0 Å². The van der Waals surface area contributed by atoms with Gasteiger partial charge in [-0.3, -0.25) is 0 Å². The SMILES string of the molecule is CN1CCC(CCNC2C=CCCC2)CC1. The molecule has 2 nitrogen and oxygen atoms in total. The summed E-state index contributed by atoms with van der Waals surface area (Å²) in [5.74, 6) is 0.969. The van der Waals surface area contributed by atoms with Crippen molar-refractivity contribution in [2.45, 2.75) is 44.6 Å². The minimum absolute atomic E-state index is 0.667. The normalized spacial score (nSPS) is 28.4. The lowest BCUT2D eigenvalue weighted by molar-refractivity contribution is 0.211. The Morgan fingerprint density at radius 2 is 2.06 bits per heavy atom. The lowest BCUT2D eigenvalue weighted by Gasteiger charge is -2.29. The summed E-state index contributed by atoms with van der Waals surface area (Å²) in [6, 6.07) is 0.667. The van der Waals surface area contributed by atoms with Crippen molar-refractivity contribution in [3.63, 3.8) is 0 Å². The Bertz CT molecular complexity index is 217. The number of piperidine rings is 1. The minimum Gasteiger partial charge on any atom is -0.311 e. The van der Waals surface area contributed by atoms with E-state index >= 15 is 0 Å². The number of hydrogen-bond donors (Lipinski definition) is 1. The zero-order valence-corrected chi connectivity index (χ0v) is 10.6. The average Bonchev–Trinajstić information content (AvgIpc) is 2.33. The van der Waals surface area contributed by atoms with Crippen LogP contribution in [0.4, 0.5) is 0 Å². The third-order valence-electron chi connectivity index (χ3n) is 4.05. The van der Waals surface area contributed by atoms with Gasteiger partial charge in [0.1, 0.15) is 0 Å². The van der Waals surface area contributed by atoms with E-state index in [4.69, 9.17) is 0 Å². The summed E-state index contributed by atoms with van der Waals surface area (Å²) in [5, 5.41) is 3.68. The fourth-order valence-electron chi connectivity index (χ4n) is 2.81. The van der Waals surface area contributed by atoms with Crippen molar-refractivity contribution in [3.8, 4) is 0 Å². The van der Waals surface area contributed by atoms with Crippen LogP contribution in [0, 0.1) is 5.92 Å². The smallest absolute Gasteiger partial charge is 0.0250 e. The van der Waals surface area contributed by atoms with Crippen LogP contribution in [0.1, 0.15) is 38.5 Å². The summed E-state index contributed by atoms with van der Waals surface area (Å²) < 4.78 is 0. The molecule has 2 heteroatoms. The van der Waals surface area contributed by atoms with Crippen molar-refractivity contribution in [1.82, 2.24) is 10.2 Å². The van der Waals surface area contributed by atoms with Gasteiger partial charge >= 0.3 is 0 Å². The first kappa shape index (κ1) is 12.1. The summed E-state index contributed by atoms with van der Waals surface area (Å²) >= 11 is 0. The van der Waals surface area contributed by atoms with Gasteiger partial charge in [0.2, 0.25) is 0 Å². The van der Waals surface area contributed by atoms with Crippen LogP contribution in [0.3, 0.4) is 0 Å². The average molecular weight is 222 g/mol. The fourth-order valence-corrected chi connectivity index (χ4v) is 2.81. The Balaban J connectivity index is 1.57. The van der Waals surface area contributed by atoms with E-state index in [1.165, 1.54) is 58.2 Å². The maximum atomic E-state index is 3.68. The topological polar surface area (TPSA) is 15.3 Å². The molecule has 0 saturated carbocycles. The molecule has 1 unspecified atom stereocenters. The maximum absolute atomic E-state index is 3.68. The molecular formula is C14H26N2. The van der Waals surface area contributed by atoms with E-state index in [9.17, 15) is 0 Å². The summed E-state index contributed by atoms with van der Waals surface area (Å²) in [4.78, 5) is 2.45. The Morgan fingerprint density at radius 1 is 1.25 bits per heavy atom. The van der Waals surface area contributed by atoms with Gasteiger partial charge in [-0.25, -0.2) is 0 Å². The zero-order valence-electron chi connectivity index (χ0n) is 10.6. The third kappa shape index (κ3) is 3.91. The highest BCUT2D eigenvalue weighted by atomic mass is 15.1. The van der Waals surface area contributed by atoms with Crippen LogP contribution in [-0.4, -0.2) is 37.6 Å². The molecule has 16 heavy (non-hydrogen) atoms. The van der Waals surface area contributed by atoms with Gasteiger partial charge in [-0.2, -0.15) is 0 Å². The molecule has 1 saturated heterocycles. The van der Waals surface area contributed by atoms with E-state index < -0.39 is 0 Å². The van der Waals surface area contributed by atoms with Crippen LogP contribution in [-0.2, 0) is 0 Å². The van der Waals surface area contributed by atoms with Crippen molar-refractivity contribution in [2.75, 3.05) is 26.7 Å². The van der Waals surface area contributed by atoms with Crippen molar-refractivity contribution >= 4 is 0 Å². The van der Waals surface area contributed by atoms with Gasteiger partial charge in [-0.1, -0.05) is 12.2 Å². The molecule has 1 heterocycles. The molecule has 0 spiro atoms. The molecule has 0 aromatic carbocycles. The highest BCUT2D eigenvalue weighted by Gasteiger charge is 2.16. The summed E-state index contributed by atoms with van der Waals surface area (Å²) in [7, 11) is 2.24. The van der Waals surface area contributed by atoms with E-state index in [2.05, 4.69) is 29.4 Å². The van der Waals surface area contributed by atoms with Crippen LogP contribution in [0.15, 0.2) is 12.2 Å². The van der Waals surface area contributed by atoms with Crippen LogP contribution >= 0.6 is 0 Å². The number of allylic oxidation sites excluding steroid dienone is 1. The summed E-state index contributed by atoms with van der Waals surface area (Å²) in [5.41, 5.74) is 0. The van der Waals surface area contributed by atoms with Crippen molar-refractivity contribution in [2.24, 2.45) is 5.92 Å². The molecule has 1 atom stereocenters. The molecule has 1 fully saturated rings. The molecule has 1 aliphatic carbocycles. The Morgan fingerprint density at radius 3 is 2.75 bits per heavy atom. The van der Waals surface area contributed by atoms with E-state index in [1.54, 1.807) is 0 Å². The van der Waals surface area contributed by atoms with Crippen LogP contribution in [0.2, 0.25) is 0 Å². The van der Waals surface area contributed by atoms with Gasteiger partial charge in [0.15, 0.2) is 0 Å². The molecule has 2 aliphatic rings. The van der Waals surface area contributed by atoms with Crippen LogP contribution in [0.25, 0.3) is 0 Å². The second-order valence-electron chi connectivity index (χ2n) is 5.45. The van der Waals surface area contributed by atoms with Crippen molar-refractivity contribution in [1.29, 1.82) is 0 Å². The number of nitrogens with one attached hydrogen (secondary N) is 1. The maximum Gasteiger partial charge on any atom is 0.0250 e. The molecule has 0 amide bonds. The van der Waals surface area contributed by atoms with Gasteiger partial charge in [0, 0.05) is 6.04 Å². The van der Waals surface area contributed by atoms with Crippen molar-refractivity contribution in [3.05, 3.63) is 12.2 Å². The third-order valence-corrected chi connectivity index (χ3v) is 4.05. The monoisotopic (exact) mass is 222 g/mol. The zero-order chi connectivity index (χ0) is 11.2. The van der Waals surface area contributed by atoms with Gasteiger partial charge in [0.05, 0.1) is 0 Å². The van der Waals surface area contributed by atoms with Gasteiger partial charge in [-0.15, -0.1) is 0 Å². The summed E-state index contributed by atoms with van der Waals surface area (Å²) in [6.45, 7) is 3.81. The predicted octanol–water partition coefficient (Wildman–Crippen LogP) is 2.42. The molecule has 0 radical (unpaired) electrons. The largest absolute Gasteiger partial charge is 0.311 e. The standard InChI is InChI=1S/C14H26N2/c1-16-11-8-13(9-12-16)7-10-15-14-5-3-2-4-6-14/h3,5,13-15H,2,4,6-12H2,1H3. The molecule has 0 aromatic heterocycles. The number of rotatable bonds is 4. The van der Waals surface area contributed by atoms with Gasteiger partial charge < -0.3 is 10.2 Å². The van der Waals surface area contributed by atoms with Crippen LogP contribution in [0.5, 0.6) is 0 Å².